The quantitative estimate of drug-likeness (QED) is 0.612. The van der Waals surface area contributed by atoms with Crippen LogP contribution in [0.3, 0.4) is 0 Å². The number of ether oxygens (including phenoxy) is 1. The van der Waals surface area contributed by atoms with E-state index < -0.39 is 22.0 Å². The van der Waals surface area contributed by atoms with Crippen molar-refractivity contribution < 1.29 is 19.4 Å². The molecule has 0 unspecified atom stereocenters. The van der Waals surface area contributed by atoms with Gasteiger partial charge < -0.3 is 4.74 Å². The number of hydrogen-bond acceptors (Lipinski definition) is 7. The molecule has 10 heteroatoms. The number of para-hydroxylation sites is 1. The molecule has 26 heavy (non-hydrogen) atoms. The van der Waals surface area contributed by atoms with Gasteiger partial charge in [-0.05, 0) is 6.07 Å². The average molecular weight is 356 g/mol. The first-order valence-electron chi connectivity index (χ1n) is 7.41. The Morgan fingerprint density at radius 3 is 2.50 bits per heavy atom. The Bertz CT molecular complexity index is 942. The van der Waals surface area contributed by atoms with E-state index in [0.29, 0.717) is 5.56 Å². The first-order valence-corrected chi connectivity index (χ1v) is 7.41. The second-order valence-electron chi connectivity index (χ2n) is 5.37. The predicted molar refractivity (Wildman–Crippen MR) is 89.1 cm³/mol. The molecule has 0 spiro atoms. The van der Waals surface area contributed by atoms with Gasteiger partial charge in [0.15, 0.2) is 0 Å². The fourth-order valence-corrected chi connectivity index (χ4v) is 2.50. The Balaban J connectivity index is 2.02. The van der Waals surface area contributed by atoms with Crippen molar-refractivity contribution in [3.8, 4) is 0 Å². The highest BCUT2D eigenvalue weighted by Crippen LogP contribution is 2.33. The molecule has 1 heterocycles. The van der Waals surface area contributed by atoms with E-state index in [2.05, 4.69) is 5.10 Å². The van der Waals surface area contributed by atoms with Crippen molar-refractivity contribution in [2.24, 2.45) is 5.10 Å². The summed E-state index contributed by atoms with van der Waals surface area (Å²) in [5.41, 5.74) is 0.0339. The molecule has 2 aromatic rings. The van der Waals surface area contributed by atoms with Crippen molar-refractivity contribution >= 4 is 23.2 Å². The second kappa shape index (κ2) is 6.59. The minimum Gasteiger partial charge on any atom is -0.445 e. The largest absolute Gasteiger partial charge is 0.445 e. The van der Waals surface area contributed by atoms with E-state index in [1.54, 1.807) is 12.1 Å². The van der Waals surface area contributed by atoms with Gasteiger partial charge in [0.05, 0.1) is 9.85 Å². The highest BCUT2D eigenvalue weighted by Gasteiger charge is 2.36. The van der Waals surface area contributed by atoms with E-state index in [-0.39, 0.29) is 22.8 Å². The normalized spacial score (nSPS) is 16.0. The van der Waals surface area contributed by atoms with Crippen LogP contribution in [0.1, 0.15) is 24.3 Å². The number of non-ortho nitro benzene ring substituents is 1. The van der Waals surface area contributed by atoms with Crippen LogP contribution in [0.4, 0.5) is 11.4 Å². The maximum absolute atomic E-state index is 11.9. The summed E-state index contributed by atoms with van der Waals surface area (Å²) in [4.78, 5) is 32.9. The van der Waals surface area contributed by atoms with Gasteiger partial charge in [-0.3, -0.25) is 25.0 Å². The third-order valence-electron chi connectivity index (χ3n) is 3.66. The monoisotopic (exact) mass is 356 g/mol. The van der Waals surface area contributed by atoms with Crippen molar-refractivity contribution in [3.63, 3.8) is 0 Å². The van der Waals surface area contributed by atoms with E-state index in [9.17, 15) is 25.0 Å². The van der Waals surface area contributed by atoms with Crippen LogP contribution < -0.4 is 0 Å². The van der Waals surface area contributed by atoms with E-state index >= 15 is 0 Å². The van der Waals surface area contributed by atoms with Gasteiger partial charge >= 0.3 is 0 Å². The summed E-state index contributed by atoms with van der Waals surface area (Å²) in [7, 11) is 0. The number of benzene rings is 2. The standard InChI is InChI=1S/C16H12N4O6/c1-10(21)18-16(11-5-4-6-12(9-11)19(22)23)26-15(17-18)13-7-2-3-8-14(13)20(24)25/h2-9,16H,1H3/t16-/m0/s1. The average Bonchev–Trinajstić information content (AvgIpc) is 3.07. The smallest absolute Gasteiger partial charge is 0.282 e. The molecule has 1 aliphatic rings. The Hall–Kier alpha value is -3.82. The summed E-state index contributed by atoms with van der Waals surface area (Å²) in [6, 6.07) is 11.4. The zero-order chi connectivity index (χ0) is 18.8. The molecule has 0 bridgehead atoms. The minimum atomic E-state index is -1.05. The number of carbonyl (C=O) groups excluding carboxylic acids is 1. The van der Waals surface area contributed by atoms with Crippen molar-refractivity contribution in [1.29, 1.82) is 0 Å². The minimum absolute atomic E-state index is 0.107. The van der Waals surface area contributed by atoms with Crippen LogP contribution in [0.25, 0.3) is 0 Å². The molecular weight excluding hydrogens is 344 g/mol. The number of rotatable bonds is 4. The maximum Gasteiger partial charge on any atom is 0.282 e. The molecule has 1 aliphatic heterocycles. The van der Waals surface area contributed by atoms with Crippen LogP contribution in [-0.2, 0) is 9.53 Å². The number of amides is 1. The van der Waals surface area contributed by atoms with Crippen molar-refractivity contribution in [1.82, 2.24) is 5.01 Å². The topological polar surface area (TPSA) is 128 Å². The van der Waals surface area contributed by atoms with E-state index in [1.165, 1.54) is 43.3 Å². The molecule has 0 radical (unpaired) electrons. The SMILES string of the molecule is CC(=O)N1N=C(c2ccccc2[N+](=O)[O-])O[C@H]1c1cccc([N+](=O)[O-])c1. The molecule has 132 valence electrons. The van der Waals surface area contributed by atoms with Crippen LogP contribution in [0.2, 0.25) is 0 Å². The third kappa shape index (κ3) is 3.07. The molecule has 1 atom stereocenters. The number of nitrogens with zero attached hydrogens (tertiary/aromatic N) is 4. The molecule has 0 aromatic heterocycles. The lowest BCUT2D eigenvalue weighted by molar-refractivity contribution is -0.385. The molecule has 0 fully saturated rings. The van der Waals surface area contributed by atoms with Gasteiger partial charge in [-0.15, -0.1) is 5.10 Å². The van der Waals surface area contributed by atoms with Crippen molar-refractivity contribution in [2.75, 3.05) is 0 Å². The fourth-order valence-electron chi connectivity index (χ4n) is 2.50. The highest BCUT2D eigenvalue weighted by atomic mass is 16.6. The predicted octanol–water partition coefficient (Wildman–Crippen LogP) is 2.74. The van der Waals surface area contributed by atoms with E-state index in [4.69, 9.17) is 4.74 Å². The van der Waals surface area contributed by atoms with Crippen LogP contribution in [0.15, 0.2) is 53.6 Å². The molecule has 0 aliphatic carbocycles. The van der Waals surface area contributed by atoms with Gasteiger partial charge in [0.1, 0.15) is 5.56 Å². The molecule has 0 saturated heterocycles. The van der Waals surface area contributed by atoms with E-state index in [1.807, 2.05) is 0 Å². The lowest BCUT2D eigenvalue weighted by Crippen LogP contribution is -2.25. The zero-order valence-electron chi connectivity index (χ0n) is 13.4. The molecule has 10 nitrogen and oxygen atoms in total. The lowest BCUT2D eigenvalue weighted by Gasteiger charge is -2.19. The van der Waals surface area contributed by atoms with Crippen LogP contribution in [0.5, 0.6) is 0 Å². The van der Waals surface area contributed by atoms with Crippen LogP contribution in [0, 0.1) is 20.2 Å². The van der Waals surface area contributed by atoms with Gasteiger partial charge in [-0.25, -0.2) is 0 Å². The lowest BCUT2D eigenvalue weighted by atomic mass is 10.1. The number of hydrazone groups is 1. The summed E-state index contributed by atoms with van der Waals surface area (Å²) in [5, 5.41) is 27.2. The van der Waals surface area contributed by atoms with Gasteiger partial charge in [-0.1, -0.05) is 24.3 Å². The zero-order valence-corrected chi connectivity index (χ0v) is 13.4. The molecule has 0 N–H and O–H groups in total. The third-order valence-corrected chi connectivity index (χ3v) is 3.66. The van der Waals surface area contributed by atoms with Gasteiger partial charge in [0.2, 0.25) is 18.0 Å². The summed E-state index contributed by atoms with van der Waals surface area (Å²) in [6.07, 6.45) is -1.05. The van der Waals surface area contributed by atoms with Gasteiger partial charge in [0, 0.05) is 30.7 Å². The first kappa shape index (κ1) is 17.0. The Morgan fingerprint density at radius 2 is 1.85 bits per heavy atom. The Morgan fingerprint density at radius 1 is 1.12 bits per heavy atom. The van der Waals surface area contributed by atoms with E-state index in [0.717, 1.165) is 5.01 Å². The number of nitro benzene ring substituents is 2. The van der Waals surface area contributed by atoms with Gasteiger partial charge in [0.25, 0.3) is 11.4 Å². The van der Waals surface area contributed by atoms with Crippen LogP contribution in [-0.4, -0.2) is 26.7 Å². The second-order valence-corrected chi connectivity index (χ2v) is 5.37. The molecule has 3 rings (SSSR count). The maximum atomic E-state index is 11.9. The Labute approximate surface area is 146 Å². The Kier molecular flexibility index (Phi) is 4.31. The van der Waals surface area contributed by atoms with Crippen molar-refractivity contribution in [3.05, 3.63) is 79.9 Å². The fraction of sp³-hybridized carbons (Fsp3) is 0.125. The summed E-state index contributed by atoms with van der Waals surface area (Å²) in [5.74, 6) is -0.584. The van der Waals surface area contributed by atoms with Gasteiger partial charge in [-0.2, -0.15) is 5.01 Å². The molecule has 0 saturated carbocycles. The summed E-state index contributed by atoms with van der Waals surface area (Å²) in [6.45, 7) is 1.25. The first-order chi connectivity index (χ1) is 12.4. The highest BCUT2D eigenvalue weighted by molar-refractivity contribution is 5.99. The molecule has 1 amide bonds. The van der Waals surface area contributed by atoms with Crippen LogP contribution >= 0.6 is 0 Å². The molecule has 2 aromatic carbocycles. The number of nitro groups is 2. The number of carbonyl (C=O) groups is 1. The van der Waals surface area contributed by atoms with Crippen molar-refractivity contribution in [2.45, 2.75) is 13.2 Å². The summed E-state index contributed by atoms with van der Waals surface area (Å²) >= 11 is 0. The summed E-state index contributed by atoms with van der Waals surface area (Å²) < 4.78 is 5.66. The number of hydrogen-bond donors (Lipinski definition) is 0. The molecular formula is C16H12N4O6.